The summed E-state index contributed by atoms with van der Waals surface area (Å²) < 4.78 is 51.4. The molecule has 204 valence electrons. The summed E-state index contributed by atoms with van der Waals surface area (Å²) in [5.74, 6) is -1.53. The van der Waals surface area contributed by atoms with Crippen LogP contribution in [-0.2, 0) is 15.8 Å². The minimum absolute atomic E-state index is 0.130. The van der Waals surface area contributed by atoms with Crippen molar-refractivity contribution in [1.29, 1.82) is 0 Å². The standard InChI is InChI=1S/C30H28F3NO5/c1-3-4-5-16-39-23-14-12-19(13-15-23)27(35)25-26(20-8-6-11-24(17-20)38-2)34(29(37)28(25)36)22-10-7-9-21(18-22)30(31,32)33/h6-15,17-18,26,35H,3-5,16H2,1-2H3/b27-25+. The molecule has 1 amide bonds. The maximum atomic E-state index is 13.5. The third-order valence-electron chi connectivity index (χ3n) is 6.45. The van der Waals surface area contributed by atoms with Crippen molar-refractivity contribution in [2.45, 2.75) is 38.4 Å². The lowest BCUT2D eigenvalue weighted by molar-refractivity contribution is -0.137. The van der Waals surface area contributed by atoms with Crippen LogP contribution in [0.15, 0.2) is 78.4 Å². The van der Waals surface area contributed by atoms with Crippen LogP contribution in [0.5, 0.6) is 11.5 Å². The molecule has 0 radical (unpaired) electrons. The van der Waals surface area contributed by atoms with Crippen LogP contribution in [0.4, 0.5) is 18.9 Å². The van der Waals surface area contributed by atoms with E-state index in [4.69, 9.17) is 9.47 Å². The first-order chi connectivity index (χ1) is 18.7. The number of anilines is 1. The number of hydrogen-bond donors (Lipinski definition) is 1. The summed E-state index contributed by atoms with van der Waals surface area (Å²) in [6, 6.07) is 15.8. The van der Waals surface area contributed by atoms with Crippen molar-refractivity contribution in [2.24, 2.45) is 0 Å². The van der Waals surface area contributed by atoms with Crippen LogP contribution >= 0.6 is 0 Å². The number of nitrogens with zero attached hydrogens (tertiary/aromatic N) is 1. The van der Waals surface area contributed by atoms with E-state index in [0.29, 0.717) is 23.7 Å². The SMILES string of the molecule is CCCCCOc1ccc(/C(O)=C2\C(=O)C(=O)N(c3cccc(C(F)(F)F)c3)C2c2cccc(OC)c2)cc1. The molecular weight excluding hydrogens is 511 g/mol. The molecule has 4 rings (SSSR count). The summed E-state index contributed by atoms with van der Waals surface area (Å²) in [5.41, 5.74) is -0.716. The van der Waals surface area contributed by atoms with Gasteiger partial charge in [-0.15, -0.1) is 0 Å². The normalized spacial score (nSPS) is 16.9. The summed E-state index contributed by atoms with van der Waals surface area (Å²) in [4.78, 5) is 27.6. The average Bonchev–Trinajstić information content (AvgIpc) is 3.20. The Bertz CT molecular complexity index is 1380. The number of carbonyl (C=O) groups is 2. The van der Waals surface area contributed by atoms with Crippen molar-refractivity contribution in [1.82, 2.24) is 0 Å². The van der Waals surface area contributed by atoms with Gasteiger partial charge in [0.15, 0.2) is 0 Å². The monoisotopic (exact) mass is 539 g/mol. The molecule has 1 aliphatic rings. The molecule has 6 nitrogen and oxygen atoms in total. The number of ketones is 1. The van der Waals surface area contributed by atoms with Gasteiger partial charge >= 0.3 is 6.18 Å². The molecule has 39 heavy (non-hydrogen) atoms. The largest absolute Gasteiger partial charge is 0.507 e. The number of alkyl halides is 3. The minimum Gasteiger partial charge on any atom is -0.507 e. The smallest absolute Gasteiger partial charge is 0.416 e. The second-order valence-corrected chi connectivity index (χ2v) is 9.07. The summed E-state index contributed by atoms with van der Waals surface area (Å²) in [6.07, 6.45) is -1.66. The molecule has 0 aliphatic carbocycles. The Morgan fingerprint density at radius 2 is 1.67 bits per heavy atom. The van der Waals surface area contributed by atoms with Crippen LogP contribution in [0.1, 0.15) is 48.9 Å². The third-order valence-corrected chi connectivity index (χ3v) is 6.45. The summed E-state index contributed by atoms with van der Waals surface area (Å²) in [7, 11) is 1.44. The highest BCUT2D eigenvalue weighted by atomic mass is 19.4. The number of methoxy groups -OCH3 is 1. The predicted molar refractivity (Wildman–Crippen MR) is 141 cm³/mol. The van der Waals surface area contributed by atoms with E-state index in [-0.39, 0.29) is 16.8 Å². The lowest BCUT2D eigenvalue weighted by Crippen LogP contribution is -2.29. The lowest BCUT2D eigenvalue weighted by Gasteiger charge is -2.26. The van der Waals surface area contributed by atoms with E-state index in [1.54, 1.807) is 48.5 Å². The van der Waals surface area contributed by atoms with Crippen molar-refractivity contribution in [3.05, 3.63) is 95.1 Å². The molecule has 1 unspecified atom stereocenters. The Morgan fingerprint density at radius 3 is 2.33 bits per heavy atom. The third kappa shape index (κ3) is 5.92. The topological polar surface area (TPSA) is 76.1 Å². The second-order valence-electron chi connectivity index (χ2n) is 9.07. The van der Waals surface area contributed by atoms with E-state index in [2.05, 4.69) is 6.92 Å². The number of Topliss-reactive ketones (excluding diaryl/α,β-unsaturated/α-hetero) is 1. The summed E-state index contributed by atoms with van der Waals surface area (Å²) >= 11 is 0. The molecule has 3 aromatic carbocycles. The van der Waals surface area contributed by atoms with Gasteiger partial charge in [-0.3, -0.25) is 14.5 Å². The molecule has 1 saturated heterocycles. The highest BCUT2D eigenvalue weighted by molar-refractivity contribution is 6.51. The molecule has 0 spiro atoms. The van der Waals surface area contributed by atoms with E-state index >= 15 is 0 Å². The predicted octanol–water partition coefficient (Wildman–Crippen LogP) is 6.91. The first-order valence-electron chi connectivity index (χ1n) is 12.5. The number of unbranched alkanes of at least 4 members (excludes halogenated alkanes) is 2. The van der Waals surface area contributed by atoms with E-state index in [1.165, 1.54) is 19.2 Å². The van der Waals surface area contributed by atoms with Crippen molar-refractivity contribution in [3.63, 3.8) is 0 Å². The van der Waals surface area contributed by atoms with Gasteiger partial charge in [0.2, 0.25) is 0 Å². The molecule has 1 fully saturated rings. The van der Waals surface area contributed by atoms with Crippen molar-refractivity contribution < 1.29 is 37.3 Å². The van der Waals surface area contributed by atoms with Crippen molar-refractivity contribution >= 4 is 23.1 Å². The number of carbonyl (C=O) groups excluding carboxylic acids is 2. The van der Waals surface area contributed by atoms with Gasteiger partial charge in [0.05, 0.1) is 30.9 Å². The maximum absolute atomic E-state index is 13.5. The van der Waals surface area contributed by atoms with Gasteiger partial charge in [0.1, 0.15) is 17.3 Å². The van der Waals surface area contributed by atoms with E-state index < -0.39 is 35.2 Å². The van der Waals surface area contributed by atoms with Crippen LogP contribution in [0.25, 0.3) is 5.76 Å². The molecule has 1 N–H and O–H groups in total. The molecule has 1 atom stereocenters. The summed E-state index contributed by atoms with van der Waals surface area (Å²) in [6.45, 7) is 2.63. The molecule has 0 aromatic heterocycles. The van der Waals surface area contributed by atoms with E-state index in [9.17, 15) is 27.9 Å². The molecule has 9 heteroatoms. The fourth-order valence-electron chi connectivity index (χ4n) is 4.46. The fraction of sp³-hybridized carbons (Fsp3) is 0.267. The van der Waals surface area contributed by atoms with Crippen LogP contribution < -0.4 is 14.4 Å². The van der Waals surface area contributed by atoms with Gasteiger partial charge in [-0.2, -0.15) is 13.2 Å². The van der Waals surface area contributed by atoms with Gasteiger partial charge in [-0.25, -0.2) is 0 Å². The number of ether oxygens (including phenoxy) is 2. The van der Waals surface area contributed by atoms with Crippen LogP contribution in [0.3, 0.4) is 0 Å². The molecule has 3 aromatic rings. The van der Waals surface area contributed by atoms with Gasteiger partial charge in [0, 0.05) is 11.3 Å². The zero-order valence-electron chi connectivity index (χ0n) is 21.5. The molecular formula is C30H28F3NO5. The number of amides is 1. The molecule has 1 aliphatic heterocycles. The summed E-state index contributed by atoms with van der Waals surface area (Å²) in [5, 5.41) is 11.3. The van der Waals surface area contributed by atoms with Crippen molar-refractivity contribution in [2.75, 3.05) is 18.6 Å². The average molecular weight is 540 g/mol. The zero-order chi connectivity index (χ0) is 28.2. The van der Waals surface area contributed by atoms with E-state index in [1.807, 2.05) is 0 Å². The Hall–Kier alpha value is -4.27. The van der Waals surface area contributed by atoms with Crippen LogP contribution in [0, 0.1) is 0 Å². The second kappa shape index (κ2) is 11.6. The Kier molecular flexibility index (Phi) is 8.28. The van der Waals surface area contributed by atoms with Gasteiger partial charge in [-0.1, -0.05) is 38.0 Å². The highest BCUT2D eigenvalue weighted by Gasteiger charge is 2.47. The molecule has 0 bridgehead atoms. The fourth-order valence-corrected chi connectivity index (χ4v) is 4.46. The highest BCUT2D eigenvalue weighted by Crippen LogP contribution is 2.44. The van der Waals surface area contributed by atoms with Crippen LogP contribution in [0.2, 0.25) is 0 Å². The lowest BCUT2D eigenvalue weighted by atomic mass is 9.95. The number of rotatable bonds is 9. The molecule has 0 saturated carbocycles. The Morgan fingerprint density at radius 1 is 0.949 bits per heavy atom. The number of benzene rings is 3. The number of aliphatic hydroxyl groups excluding tert-OH is 1. The first-order valence-corrected chi connectivity index (χ1v) is 12.5. The van der Waals surface area contributed by atoms with Crippen molar-refractivity contribution in [3.8, 4) is 11.5 Å². The zero-order valence-corrected chi connectivity index (χ0v) is 21.5. The minimum atomic E-state index is -4.66. The quantitative estimate of drug-likeness (QED) is 0.138. The Labute approximate surface area is 224 Å². The first kappa shape index (κ1) is 27.8. The van der Waals surface area contributed by atoms with Crippen LogP contribution in [-0.4, -0.2) is 30.5 Å². The molecule has 1 heterocycles. The maximum Gasteiger partial charge on any atom is 0.416 e. The Balaban J connectivity index is 1.80. The van der Waals surface area contributed by atoms with Gasteiger partial charge in [-0.05, 0) is 66.6 Å². The number of hydrogen-bond acceptors (Lipinski definition) is 5. The van der Waals surface area contributed by atoms with Gasteiger partial charge < -0.3 is 14.6 Å². The number of halogens is 3. The number of aliphatic hydroxyl groups is 1. The van der Waals surface area contributed by atoms with E-state index in [0.717, 1.165) is 36.3 Å². The van der Waals surface area contributed by atoms with Gasteiger partial charge in [0.25, 0.3) is 11.7 Å².